The second-order valence-corrected chi connectivity index (χ2v) is 15.4. The number of carbonyl (C=O) groups excluding carboxylic acids is 3. The normalized spacial score (nSPS) is 24.1. The van der Waals surface area contributed by atoms with Crippen LogP contribution >= 0.6 is 0 Å². The van der Waals surface area contributed by atoms with Crippen LogP contribution in [0.15, 0.2) is 49.1 Å². The predicted octanol–water partition coefficient (Wildman–Crippen LogP) is 5.37. The molecule has 1 aromatic carbocycles. The zero-order valence-corrected chi connectivity index (χ0v) is 31.1. The molecule has 286 valence electrons. The fourth-order valence-corrected chi connectivity index (χ4v) is 8.14. The maximum atomic E-state index is 14.4. The molecule has 0 bridgehead atoms. The summed E-state index contributed by atoms with van der Waals surface area (Å²) < 4.78 is 17.8. The number of hydrogen-bond acceptors (Lipinski definition) is 9. The van der Waals surface area contributed by atoms with Gasteiger partial charge in [-0.25, -0.2) is 14.6 Å². The molecule has 3 heterocycles. The third-order valence-electron chi connectivity index (χ3n) is 11.4. The first kappa shape index (κ1) is 37.1. The summed E-state index contributed by atoms with van der Waals surface area (Å²) in [6.07, 6.45) is 7.90. The number of aliphatic carboxylic acids is 1. The van der Waals surface area contributed by atoms with Crippen LogP contribution in [0.5, 0.6) is 11.5 Å². The van der Waals surface area contributed by atoms with Crippen molar-refractivity contribution in [2.75, 3.05) is 13.7 Å². The Hall–Kier alpha value is -5.20. The van der Waals surface area contributed by atoms with Gasteiger partial charge in [-0.1, -0.05) is 26.0 Å². The number of nitrogens with one attached hydrogen (secondary N) is 2. The van der Waals surface area contributed by atoms with Gasteiger partial charge < -0.3 is 34.9 Å². The van der Waals surface area contributed by atoms with E-state index in [2.05, 4.69) is 23.3 Å². The van der Waals surface area contributed by atoms with Gasteiger partial charge >= 0.3 is 12.1 Å². The molecular formula is C41H49N5O8. The standard InChI is InChI=1S/C41H49N5O8/c1-5-25-21-41(25,39(49)50)45-37(47)34-19-28(22-46(34)38(48)36(23(2)3)44-40(51)54-26-11-7-8-12-26)53-35-20-33(43-32-18-27(52-4)15-16-29(32)35)31-17-14-24-10-6-9-13-30(24)42-31/h5,14-18,20,23,25-26,28,34,36H,1,6-13,19,21-22H2,2-4H3,(H,44,51)(H,45,47)(H,49,50)/t25-,28-,34+,36+,41-/m1/s1. The summed E-state index contributed by atoms with van der Waals surface area (Å²) in [5.74, 6) is -1.93. The van der Waals surface area contributed by atoms with Crippen molar-refractivity contribution in [2.45, 2.75) is 108 Å². The number of carboxylic acids is 1. The highest BCUT2D eigenvalue weighted by Gasteiger charge is 2.61. The average molecular weight is 740 g/mol. The number of aromatic nitrogens is 2. The number of aryl methyl sites for hydroxylation is 2. The lowest BCUT2D eigenvalue weighted by Crippen LogP contribution is -2.57. The number of amides is 3. The van der Waals surface area contributed by atoms with Gasteiger partial charge in [0.25, 0.3) is 0 Å². The van der Waals surface area contributed by atoms with E-state index in [1.807, 2.05) is 44.2 Å². The van der Waals surface area contributed by atoms with Gasteiger partial charge in [-0.15, -0.1) is 6.58 Å². The van der Waals surface area contributed by atoms with Crippen LogP contribution in [-0.2, 0) is 32.0 Å². The van der Waals surface area contributed by atoms with Gasteiger partial charge in [0.05, 0.1) is 30.6 Å². The van der Waals surface area contributed by atoms with Crippen molar-refractivity contribution in [3.05, 3.63) is 60.3 Å². The third kappa shape index (κ3) is 7.45. The van der Waals surface area contributed by atoms with Crippen LogP contribution in [0.2, 0.25) is 0 Å². The van der Waals surface area contributed by atoms with Crippen LogP contribution in [0, 0.1) is 11.8 Å². The lowest BCUT2D eigenvalue weighted by molar-refractivity contribution is -0.145. The molecule has 0 spiro atoms. The number of carboxylic acid groups (broad SMARTS) is 1. The monoisotopic (exact) mass is 739 g/mol. The molecule has 3 amide bonds. The number of likely N-dealkylation sites (tertiary alicyclic amines) is 1. The van der Waals surface area contributed by atoms with Crippen molar-refractivity contribution < 1.29 is 38.5 Å². The molecule has 1 saturated heterocycles. The summed E-state index contributed by atoms with van der Waals surface area (Å²) in [6.45, 7) is 7.36. The minimum absolute atomic E-state index is 0.0108. The van der Waals surface area contributed by atoms with Gasteiger partial charge in [-0.05, 0) is 87.5 Å². The Morgan fingerprint density at radius 1 is 1.00 bits per heavy atom. The summed E-state index contributed by atoms with van der Waals surface area (Å²) in [5, 5.41) is 16.3. The number of benzene rings is 1. The van der Waals surface area contributed by atoms with Gasteiger partial charge in [-0.2, -0.15) is 0 Å². The molecule has 3 aliphatic carbocycles. The fourth-order valence-electron chi connectivity index (χ4n) is 8.14. The zero-order chi connectivity index (χ0) is 38.1. The predicted molar refractivity (Wildman–Crippen MR) is 200 cm³/mol. The second-order valence-electron chi connectivity index (χ2n) is 15.4. The smallest absolute Gasteiger partial charge is 0.408 e. The van der Waals surface area contributed by atoms with Crippen molar-refractivity contribution >= 4 is 34.8 Å². The number of hydrogen-bond donors (Lipinski definition) is 3. The Bertz CT molecular complexity index is 1960. The molecule has 3 fully saturated rings. The molecule has 3 aromatic rings. The van der Waals surface area contributed by atoms with Crippen LogP contribution in [0.4, 0.5) is 4.79 Å². The first-order valence-electron chi connectivity index (χ1n) is 19.1. The number of carbonyl (C=O) groups is 4. The molecule has 1 aliphatic heterocycles. The topological polar surface area (TPSA) is 169 Å². The van der Waals surface area contributed by atoms with Gasteiger partial charge in [0, 0.05) is 35.6 Å². The summed E-state index contributed by atoms with van der Waals surface area (Å²) in [7, 11) is 1.59. The minimum atomic E-state index is -1.50. The van der Waals surface area contributed by atoms with Crippen LogP contribution in [-0.4, -0.2) is 87.3 Å². The van der Waals surface area contributed by atoms with E-state index in [9.17, 15) is 24.3 Å². The van der Waals surface area contributed by atoms with Crippen molar-refractivity contribution in [1.29, 1.82) is 0 Å². The van der Waals surface area contributed by atoms with E-state index in [-0.39, 0.29) is 31.4 Å². The first-order valence-corrected chi connectivity index (χ1v) is 19.1. The van der Waals surface area contributed by atoms with E-state index in [1.54, 1.807) is 7.11 Å². The van der Waals surface area contributed by atoms with Crippen molar-refractivity contribution in [2.24, 2.45) is 11.8 Å². The molecule has 13 heteroatoms. The molecule has 54 heavy (non-hydrogen) atoms. The highest BCUT2D eigenvalue weighted by atomic mass is 16.6. The van der Waals surface area contributed by atoms with Crippen LogP contribution < -0.4 is 20.1 Å². The third-order valence-corrected chi connectivity index (χ3v) is 11.4. The Morgan fingerprint density at radius 3 is 2.48 bits per heavy atom. The Balaban J connectivity index is 1.20. The molecule has 3 N–H and O–H groups in total. The number of fused-ring (bicyclic) bond motifs is 2. The van der Waals surface area contributed by atoms with Crippen LogP contribution in [0.25, 0.3) is 22.3 Å². The number of ether oxygens (including phenoxy) is 3. The van der Waals surface area contributed by atoms with Crippen LogP contribution in [0.1, 0.15) is 76.5 Å². The second kappa shape index (κ2) is 15.3. The molecule has 2 saturated carbocycles. The molecule has 5 atom stereocenters. The quantitative estimate of drug-likeness (QED) is 0.205. The fraction of sp³-hybridized carbons (Fsp3) is 0.512. The summed E-state index contributed by atoms with van der Waals surface area (Å²) in [5.41, 5.74) is 2.77. The van der Waals surface area contributed by atoms with Gasteiger partial charge in [0.15, 0.2) is 0 Å². The summed E-state index contributed by atoms with van der Waals surface area (Å²) >= 11 is 0. The summed E-state index contributed by atoms with van der Waals surface area (Å²) in [6, 6.07) is 9.34. The molecule has 0 unspecified atom stereocenters. The van der Waals surface area contributed by atoms with E-state index in [1.165, 1.54) is 16.5 Å². The maximum absolute atomic E-state index is 14.4. The van der Waals surface area contributed by atoms with Crippen molar-refractivity contribution in [3.8, 4) is 22.9 Å². The molecule has 2 aromatic heterocycles. The maximum Gasteiger partial charge on any atom is 0.408 e. The van der Waals surface area contributed by atoms with E-state index in [0.29, 0.717) is 33.8 Å². The van der Waals surface area contributed by atoms with Gasteiger partial charge in [0.2, 0.25) is 11.8 Å². The van der Waals surface area contributed by atoms with E-state index >= 15 is 0 Å². The number of rotatable bonds is 12. The Kier molecular flexibility index (Phi) is 10.5. The SMILES string of the molecule is C=C[C@@H]1C[C@]1(NC(=O)[C@@H]1C[C@@H](Oc2cc(-c3ccc4c(n3)CCCC4)nc3cc(OC)ccc23)CN1C(=O)[C@@H](NC(=O)OC1CCCC1)C(C)C)C(=O)O. The van der Waals surface area contributed by atoms with Crippen molar-refractivity contribution in [1.82, 2.24) is 25.5 Å². The lowest BCUT2D eigenvalue weighted by Gasteiger charge is -2.31. The molecular weight excluding hydrogens is 690 g/mol. The van der Waals surface area contributed by atoms with E-state index < -0.39 is 53.5 Å². The number of nitrogens with zero attached hydrogens (tertiary/aromatic N) is 3. The zero-order valence-electron chi connectivity index (χ0n) is 31.1. The molecule has 4 aliphatic rings. The highest BCUT2D eigenvalue weighted by Crippen LogP contribution is 2.45. The average Bonchev–Trinajstić information content (AvgIpc) is 3.42. The molecule has 0 radical (unpaired) electrons. The van der Waals surface area contributed by atoms with Gasteiger partial charge in [0.1, 0.15) is 41.3 Å². The van der Waals surface area contributed by atoms with Gasteiger partial charge in [-0.3, -0.25) is 14.6 Å². The van der Waals surface area contributed by atoms with E-state index in [4.69, 9.17) is 24.2 Å². The Labute approximate surface area is 314 Å². The number of alkyl carbamates (subject to hydrolysis) is 1. The first-order chi connectivity index (χ1) is 26.0. The number of pyridine rings is 2. The largest absolute Gasteiger partial charge is 0.497 e. The van der Waals surface area contributed by atoms with Crippen molar-refractivity contribution in [3.63, 3.8) is 0 Å². The lowest BCUT2D eigenvalue weighted by atomic mass is 9.95. The van der Waals surface area contributed by atoms with E-state index in [0.717, 1.165) is 57.1 Å². The molecule has 13 nitrogen and oxygen atoms in total. The molecule has 7 rings (SSSR count). The van der Waals surface area contributed by atoms with Crippen LogP contribution in [0.3, 0.4) is 0 Å². The Morgan fingerprint density at radius 2 is 1.78 bits per heavy atom. The number of methoxy groups -OCH3 is 1. The minimum Gasteiger partial charge on any atom is -0.497 e. The summed E-state index contributed by atoms with van der Waals surface area (Å²) in [4.78, 5) is 65.1. The highest BCUT2D eigenvalue weighted by molar-refractivity contribution is 5.96.